The summed E-state index contributed by atoms with van der Waals surface area (Å²) < 4.78 is 0. The lowest BCUT2D eigenvalue weighted by molar-refractivity contribution is 0.244. The van der Waals surface area contributed by atoms with Crippen LogP contribution in [-0.2, 0) is 0 Å². The van der Waals surface area contributed by atoms with Gasteiger partial charge in [0.25, 0.3) is 0 Å². The highest BCUT2D eigenvalue weighted by Crippen LogP contribution is 2.20. The quantitative estimate of drug-likeness (QED) is 0.624. The van der Waals surface area contributed by atoms with Crippen LogP contribution in [-0.4, -0.2) is 11.7 Å². The highest BCUT2D eigenvalue weighted by atomic mass is 16.2. The van der Waals surface area contributed by atoms with E-state index in [1.54, 1.807) is 0 Å². The minimum Gasteiger partial charge on any atom is -0.307 e. The third kappa shape index (κ3) is 4.67. The Labute approximate surface area is 148 Å². The van der Waals surface area contributed by atoms with Crippen molar-refractivity contribution in [3.63, 3.8) is 0 Å². The van der Waals surface area contributed by atoms with Crippen molar-refractivity contribution in [2.24, 2.45) is 5.10 Å². The van der Waals surface area contributed by atoms with Gasteiger partial charge in [0.2, 0.25) is 0 Å². The van der Waals surface area contributed by atoms with E-state index in [1.165, 1.54) is 0 Å². The molecule has 0 radical (unpaired) electrons. The van der Waals surface area contributed by atoms with Crippen LogP contribution >= 0.6 is 0 Å². The van der Waals surface area contributed by atoms with E-state index in [1.807, 2.05) is 55.5 Å². The maximum absolute atomic E-state index is 11.9. The second-order valence-corrected chi connectivity index (χ2v) is 5.85. The maximum Gasteiger partial charge on any atom is 0.339 e. The number of carbonyl (C=O) groups excluding carboxylic acids is 1. The maximum atomic E-state index is 11.9. The molecule has 0 saturated carbocycles. The second-order valence-electron chi connectivity index (χ2n) is 5.85. The number of benzene rings is 2. The summed E-state index contributed by atoms with van der Waals surface area (Å²) in [5.74, 6) is 0. The smallest absolute Gasteiger partial charge is 0.307 e. The summed E-state index contributed by atoms with van der Waals surface area (Å²) in [5, 5.41) is 6.98. The van der Waals surface area contributed by atoms with Gasteiger partial charge >= 0.3 is 6.03 Å². The Bertz CT molecular complexity index is 835. The number of carbonyl (C=O) groups is 1. The van der Waals surface area contributed by atoms with Crippen molar-refractivity contribution in [2.45, 2.75) is 19.8 Å². The monoisotopic (exact) mass is 331 g/mol. The summed E-state index contributed by atoms with van der Waals surface area (Å²) in [6.45, 7) is 1.88. The standard InChI is InChI=1S/C21H21N3O/c1-16(23-24-21(25)22-20-13-6-3-7-14-20)18-11-8-12-19(15-18)17-9-4-2-5-10-17/h2,4-6,8-15H,3,7H2,1H3,(H2,22,24,25). The third-order valence-corrected chi connectivity index (χ3v) is 3.97. The molecule has 2 N–H and O–H groups in total. The van der Waals surface area contributed by atoms with Crippen LogP contribution < -0.4 is 10.7 Å². The Morgan fingerprint density at radius 2 is 1.80 bits per heavy atom. The first kappa shape index (κ1) is 16.7. The molecule has 126 valence electrons. The Hall–Kier alpha value is -3.14. The number of rotatable bonds is 4. The van der Waals surface area contributed by atoms with E-state index in [0.717, 1.165) is 40.9 Å². The lowest BCUT2D eigenvalue weighted by Gasteiger charge is -2.09. The molecule has 25 heavy (non-hydrogen) atoms. The van der Waals surface area contributed by atoms with Gasteiger partial charge in [-0.15, -0.1) is 0 Å². The number of nitrogens with zero attached hydrogens (tertiary/aromatic N) is 1. The first-order valence-electron chi connectivity index (χ1n) is 8.36. The molecule has 0 aliphatic heterocycles. The number of hydrazone groups is 1. The molecule has 1 aliphatic carbocycles. The van der Waals surface area contributed by atoms with E-state index in [9.17, 15) is 4.79 Å². The van der Waals surface area contributed by atoms with Gasteiger partial charge in [-0.2, -0.15) is 5.10 Å². The highest BCUT2D eigenvalue weighted by molar-refractivity contribution is 6.00. The SMILES string of the molecule is CC(=NNC(=O)NC1=CCCC=C1)c1cccc(-c2ccccc2)c1. The average Bonchev–Trinajstić information content (AvgIpc) is 2.68. The molecule has 0 fully saturated rings. The van der Waals surface area contributed by atoms with Crippen LogP contribution in [0.2, 0.25) is 0 Å². The zero-order valence-electron chi connectivity index (χ0n) is 14.2. The van der Waals surface area contributed by atoms with Gasteiger partial charge in [0.15, 0.2) is 0 Å². The van der Waals surface area contributed by atoms with Gasteiger partial charge in [-0.1, -0.05) is 60.7 Å². The summed E-state index contributed by atoms with van der Waals surface area (Å²) in [4.78, 5) is 11.9. The molecule has 0 spiro atoms. The fourth-order valence-electron chi connectivity index (χ4n) is 2.62. The molecule has 0 aromatic heterocycles. The highest BCUT2D eigenvalue weighted by Gasteiger charge is 2.05. The minimum absolute atomic E-state index is 0.337. The predicted molar refractivity (Wildman–Crippen MR) is 102 cm³/mol. The van der Waals surface area contributed by atoms with E-state index in [0.29, 0.717) is 0 Å². The molecule has 2 aromatic rings. The van der Waals surface area contributed by atoms with Gasteiger partial charge in [-0.05, 0) is 48.6 Å². The Kier molecular flexibility index (Phi) is 5.42. The molecule has 2 aromatic carbocycles. The zero-order chi connectivity index (χ0) is 17.5. The van der Waals surface area contributed by atoms with E-state index in [2.05, 4.69) is 40.1 Å². The number of allylic oxidation sites excluding steroid dienone is 3. The number of hydrogen-bond donors (Lipinski definition) is 2. The van der Waals surface area contributed by atoms with Crippen LogP contribution in [0.5, 0.6) is 0 Å². The lowest BCUT2D eigenvalue weighted by atomic mass is 10.0. The third-order valence-electron chi connectivity index (χ3n) is 3.97. The molecular weight excluding hydrogens is 310 g/mol. The molecule has 4 nitrogen and oxygen atoms in total. The fourth-order valence-corrected chi connectivity index (χ4v) is 2.62. The summed E-state index contributed by atoms with van der Waals surface area (Å²) in [6.07, 6.45) is 7.91. The van der Waals surface area contributed by atoms with E-state index < -0.39 is 0 Å². The second kappa shape index (κ2) is 8.11. The van der Waals surface area contributed by atoms with E-state index in [4.69, 9.17) is 0 Å². The van der Waals surface area contributed by atoms with Crippen molar-refractivity contribution in [2.75, 3.05) is 0 Å². The van der Waals surface area contributed by atoms with Gasteiger partial charge in [-0.25, -0.2) is 10.2 Å². The number of urea groups is 1. The minimum atomic E-state index is -0.337. The van der Waals surface area contributed by atoms with E-state index in [-0.39, 0.29) is 6.03 Å². The van der Waals surface area contributed by atoms with E-state index >= 15 is 0 Å². The van der Waals surface area contributed by atoms with Crippen molar-refractivity contribution < 1.29 is 4.79 Å². The summed E-state index contributed by atoms with van der Waals surface area (Å²) in [5.41, 5.74) is 7.35. The molecule has 0 saturated heterocycles. The topological polar surface area (TPSA) is 53.5 Å². The normalized spacial score (nSPS) is 14.0. The summed E-state index contributed by atoms with van der Waals surface area (Å²) >= 11 is 0. The number of amides is 2. The molecule has 3 rings (SSSR count). The first-order chi connectivity index (χ1) is 12.2. The Balaban J connectivity index is 1.67. The molecular formula is C21H21N3O. The van der Waals surface area contributed by atoms with Crippen LogP contribution in [0.1, 0.15) is 25.3 Å². The average molecular weight is 331 g/mol. The molecule has 0 heterocycles. The summed E-state index contributed by atoms with van der Waals surface area (Å²) in [6, 6.07) is 18.0. The Morgan fingerprint density at radius 3 is 2.56 bits per heavy atom. The first-order valence-corrected chi connectivity index (χ1v) is 8.36. The Morgan fingerprint density at radius 1 is 1.00 bits per heavy atom. The molecule has 0 atom stereocenters. The van der Waals surface area contributed by atoms with Crippen molar-refractivity contribution >= 4 is 11.7 Å². The fraction of sp³-hybridized carbons (Fsp3) is 0.143. The van der Waals surface area contributed by atoms with Crippen molar-refractivity contribution in [1.82, 2.24) is 10.7 Å². The van der Waals surface area contributed by atoms with Gasteiger partial charge in [-0.3, -0.25) is 0 Å². The zero-order valence-corrected chi connectivity index (χ0v) is 14.2. The molecule has 2 amide bonds. The van der Waals surface area contributed by atoms with Crippen LogP contribution in [0.4, 0.5) is 4.79 Å². The number of hydrogen-bond acceptors (Lipinski definition) is 2. The predicted octanol–water partition coefficient (Wildman–Crippen LogP) is 4.61. The van der Waals surface area contributed by atoms with Crippen molar-refractivity contribution in [3.05, 3.63) is 84.1 Å². The van der Waals surface area contributed by atoms with Crippen molar-refractivity contribution in [3.8, 4) is 11.1 Å². The lowest BCUT2D eigenvalue weighted by Crippen LogP contribution is -2.32. The van der Waals surface area contributed by atoms with Gasteiger partial charge in [0, 0.05) is 5.70 Å². The van der Waals surface area contributed by atoms with Crippen molar-refractivity contribution in [1.29, 1.82) is 0 Å². The molecule has 0 bridgehead atoms. The van der Waals surface area contributed by atoms with Gasteiger partial charge in [0.05, 0.1) is 5.71 Å². The van der Waals surface area contributed by atoms with Gasteiger partial charge in [0.1, 0.15) is 0 Å². The van der Waals surface area contributed by atoms with Gasteiger partial charge < -0.3 is 5.32 Å². The van der Waals surface area contributed by atoms with Crippen LogP contribution in [0, 0.1) is 0 Å². The van der Waals surface area contributed by atoms with Crippen LogP contribution in [0.25, 0.3) is 11.1 Å². The summed E-state index contributed by atoms with van der Waals surface area (Å²) in [7, 11) is 0. The van der Waals surface area contributed by atoms with Crippen LogP contribution in [0.15, 0.2) is 83.6 Å². The molecule has 1 aliphatic rings. The van der Waals surface area contributed by atoms with Crippen LogP contribution in [0.3, 0.4) is 0 Å². The number of nitrogens with one attached hydrogen (secondary N) is 2. The molecule has 4 heteroatoms. The largest absolute Gasteiger partial charge is 0.339 e. The molecule has 0 unspecified atom stereocenters.